The molecule has 0 spiro atoms. The number of carbonyl (C=O) groups is 1. The Kier molecular flexibility index (Phi) is 2.86. The van der Waals surface area contributed by atoms with Crippen LogP contribution in [-0.4, -0.2) is 60.6 Å². The van der Waals surface area contributed by atoms with Crippen molar-refractivity contribution in [1.82, 2.24) is 9.80 Å². The van der Waals surface area contributed by atoms with Crippen LogP contribution in [0.4, 0.5) is 0 Å². The minimum atomic E-state index is -0.132. The monoisotopic (exact) mass is 224 g/mol. The molecule has 16 heavy (non-hydrogen) atoms. The summed E-state index contributed by atoms with van der Waals surface area (Å²) in [6, 6.07) is 0.833. The topological polar surface area (TPSA) is 32.8 Å². The molecule has 0 radical (unpaired) electrons. The van der Waals surface area contributed by atoms with Crippen molar-refractivity contribution < 1.29 is 9.53 Å². The van der Waals surface area contributed by atoms with E-state index in [1.807, 2.05) is 4.90 Å². The van der Waals surface area contributed by atoms with Crippen LogP contribution in [0.3, 0.4) is 0 Å². The molecular formula is C12H20N2O2. The fraction of sp³-hybridized carbons (Fsp3) is 0.917. The van der Waals surface area contributed by atoms with E-state index in [1.54, 1.807) is 0 Å². The second kappa shape index (κ2) is 4.34. The molecule has 4 nitrogen and oxygen atoms in total. The van der Waals surface area contributed by atoms with Crippen LogP contribution in [0.25, 0.3) is 0 Å². The zero-order valence-corrected chi connectivity index (χ0v) is 9.73. The van der Waals surface area contributed by atoms with Crippen molar-refractivity contribution in [2.45, 2.75) is 37.8 Å². The molecule has 3 rings (SSSR count). The Bertz CT molecular complexity index is 264. The molecule has 3 fully saturated rings. The SMILES string of the molecule is O=C(C1CCCO1)N1CCN(C2CC2)CC1. The van der Waals surface area contributed by atoms with Crippen LogP contribution in [0.2, 0.25) is 0 Å². The van der Waals surface area contributed by atoms with Gasteiger partial charge < -0.3 is 9.64 Å². The fourth-order valence-electron chi connectivity index (χ4n) is 2.72. The lowest BCUT2D eigenvalue weighted by molar-refractivity contribution is -0.142. The second-order valence-electron chi connectivity index (χ2n) is 5.09. The number of piperazine rings is 1. The van der Waals surface area contributed by atoms with E-state index < -0.39 is 0 Å². The van der Waals surface area contributed by atoms with Crippen LogP contribution in [0.5, 0.6) is 0 Å². The summed E-state index contributed by atoms with van der Waals surface area (Å²) in [4.78, 5) is 16.6. The maximum Gasteiger partial charge on any atom is 0.251 e. The van der Waals surface area contributed by atoms with Crippen molar-refractivity contribution in [2.75, 3.05) is 32.8 Å². The molecule has 3 aliphatic rings. The highest BCUT2D eigenvalue weighted by atomic mass is 16.5. The molecule has 1 atom stereocenters. The average molecular weight is 224 g/mol. The summed E-state index contributed by atoms with van der Waals surface area (Å²) in [5.41, 5.74) is 0. The molecule has 1 amide bonds. The van der Waals surface area contributed by atoms with Crippen LogP contribution in [0, 0.1) is 0 Å². The van der Waals surface area contributed by atoms with E-state index in [0.717, 1.165) is 51.7 Å². The number of carbonyl (C=O) groups excluding carboxylic acids is 1. The van der Waals surface area contributed by atoms with Gasteiger partial charge in [-0.2, -0.15) is 0 Å². The largest absolute Gasteiger partial charge is 0.368 e. The third-order valence-corrected chi connectivity index (χ3v) is 3.89. The number of rotatable bonds is 2. The second-order valence-corrected chi connectivity index (χ2v) is 5.09. The summed E-state index contributed by atoms with van der Waals surface area (Å²) < 4.78 is 5.45. The lowest BCUT2D eigenvalue weighted by atomic mass is 10.2. The van der Waals surface area contributed by atoms with Gasteiger partial charge in [-0.1, -0.05) is 0 Å². The van der Waals surface area contributed by atoms with Gasteiger partial charge in [0.2, 0.25) is 0 Å². The normalized spacial score (nSPS) is 32.0. The number of ether oxygens (including phenoxy) is 1. The highest BCUT2D eigenvalue weighted by molar-refractivity contribution is 5.81. The van der Waals surface area contributed by atoms with Crippen LogP contribution in [0.1, 0.15) is 25.7 Å². The molecule has 2 aliphatic heterocycles. The van der Waals surface area contributed by atoms with Gasteiger partial charge in [0.05, 0.1) is 0 Å². The first-order chi connectivity index (χ1) is 7.84. The van der Waals surface area contributed by atoms with Crippen LogP contribution < -0.4 is 0 Å². The van der Waals surface area contributed by atoms with Gasteiger partial charge in [0.15, 0.2) is 0 Å². The summed E-state index contributed by atoms with van der Waals surface area (Å²) in [6.45, 7) is 4.68. The first-order valence-corrected chi connectivity index (χ1v) is 6.49. The van der Waals surface area contributed by atoms with E-state index in [4.69, 9.17) is 4.74 Å². The Morgan fingerprint density at radius 2 is 1.81 bits per heavy atom. The van der Waals surface area contributed by atoms with E-state index in [1.165, 1.54) is 12.8 Å². The summed E-state index contributed by atoms with van der Waals surface area (Å²) >= 11 is 0. The van der Waals surface area contributed by atoms with Crippen molar-refractivity contribution in [3.8, 4) is 0 Å². The third-order valence-electron chi connectivity index (χ3n) is 3.89. The van der Waals surface area contributed by atoms with E-state index in [2.05, 4.69) is 4.90 Å². The lowest BCUT2D eigenvalue weighted by Crippen LogP contribution is -2.51. The molecule has 0 N–H and O–H groups in total. The van der Waals surface area contributed by atoms with Gasteiger partial charge in [0.1, 0.15) is 6.10 Å². The highest BCUT2D eigenvalue weighted by Gasteiger charge is 2.34. The fourth-order valence-corrected chi connectivity index (χ4v) is 2.72. The van der Waals surface area contributed by atoms with Gasteiger partial charge in [-0.25, -0.2) is 0 Å². The lowest BCUT2D eigenvalue weighted by Gasteiger charge is -2.35. The maximum absolute atomic E-state index is 12.1. The van der Waals surface area contributed by atoms with Gasteiger partial charge in [-0.15, -0.1) is 0 Å². The van der Waals surface area contributed by atoms with Crippen molar-refractivity contribution >= 4 is 5.91 Å². The molecular weight excluding hydrogens is 204 g/mol. The number of nitrogens with zero attached hydrogens (tertiary/aromatic N) is 2. The van der Waals surface area contributed by atoms with Gasteiger partial charge in [-0.05, 0) is 25.7 Å². The van der Waals surface area contributed by atoms with Crippen molar-refractivity contribution in [1.29, 1.82) is 0 Å². The van der Waals surface area contributed by atoms with Crippen molar-refractivity contribution in [3.05, 3.63) is 0 Å². The predicted molar refractivity (Wildman–Crippen MR) is 60.1 cm³/mol. The summed E-state index contributed by atoms with van der Waals surface area (Å²) in [6.07, 6.45) is 4.55. The van der Waals surface area contributed by atoms with Gasteiger partial charge in [-0.3, -0.25) is 9.69 Å². The average Bonchev–Trinajstić information content (AvgIpc) is 3.04. The third kappa shape index (κ3) is 2.09. The van der Waals surface area contributed by atoms with Gasteiger partial charge in [0.25, 0.3) is 5.91 Å². The number of amides is 1. The zero-order chi connectivity index (χ0) is 11.0. The molecule has 0 bridgehead atoms. The maximum atomic E-state index is 12.1. The quantitative estimate of drug-likeness (QED) is 0.683. The Hall–Kier alpha value is -0.610. The van der Waals surface area contributed by atoms with Crippen molar-refractivity contribution in [3.63, 3.8) is 0 Å². The van der Waals surface area contributed by atoms with Crippen molar-refractivity contribution in [2.24, 2.45) is 0 Å². The highest BCUT2D eigenvalue weighted by Crippen LogP contribution is 2.27. The Morgan fingerprint density at radius 1 is 1.06 bits per heavy atom. The zero-order valence-electron chi connectivity index (χ0n) is 9.73. The molecule has 1 aliphatic carbocycles. The van der Waals surface area contributed by atoms with E-state index in [-0.39, 0.29) is 12.0 Å². The van der Waals surface area contributed by atoms with E-state index in [0.29, 0.717) is 0 Å². The molecule has 2 saturated heterocycles. The number of hydrogen-bond acceptors (Lipinski definition) is 3. The minimum Gasteiger partial charge on any atom is -0.368 e. The van der Waals surface area contributed by atoms with E-state index >= 15 is 0 Å². The molecule has 90 valence electrons. The van der Waals surface area contributed by atoms with Crippen LogP contribution in [-0.2, 0) is 9.53 Å². The predicted octanol–water partition coefficient (Wildman–Crippen LogP) is 0.472. The molecule has 0 aromatic carbocycles. The Morgan fingerprint density at radius 3 is 2.38 bits per heavy atom. The van der Waals surface area contributed by atoms with Gasteiger partial charge in [0, 0.05) is 38.8 Å². The first-order valence-electron chi connectivity index (χ1n) is 6.49. The molecule has 1 unspecified atom stereocenters. The van der Waals surface area contributed by atoms with E-state index in [9.17, 15) is 4.79 Å². The smallest absolute Gasteiger partial charge is 0.251 e. The molecule has 2 heterocycles. The Balaban J connectivity index is 1.50. The number of hydrogen-bond donors (Lipinski definition) is 0. The summed E-state index contributed by atoms with van der Waals surface area (Å²) in [7, 11) is 0. The molecule has 0 aromatic rings. The summed E-state index contributed by atoms with van der Waals surface area (Å²) in [5.74, 6) is 0.230. The first kappa shape index (κ1) is 10.5. The van der Waals surface area contributed by atoms with Crippen LogP contribution in [0.15, 0.2) is 0 Å². The molecule has 0 aromatic heterocycles. The molecule has 4 heteroatoms. The Labute approximate surface area is 96.5 Å². The minimum absolute atomic E-state index is 0.132. The standard InChI is InChI=1S/C12H20N2O2/c15-12(11-2-1-9-16-11)14-7-5-13(6-8-14)10-3-4-10/h10-11H,1-9H2. The summed E-state index contributed by atoms with van der Waals surface area (Å²) in [5, 5.41) is 0. The van der Waals surface area contributed by atoms with Gasteiger partial charge >= 0.3 is 0 Å². The van der Waals surface area contributed by atoms with Crippen LogP contribution >= 0.6 is 0 Å². The molecule has 1 saturated carbocycles.